The van der Waals surface area contributed by atoms with Gasteiger partial charge in [-0.3, -0.25) is 0 Å². The number of fused-ring (bicyclic) bond motifs is 6. The van der Waals surface area contributed by atoms with Gasteiger partial charge in [-0.15, -0.1) is 0 Å². The molecule has 290 valence electrons. The first kappa shape index (κ1) is 35.5. The Labute approximate surface area is 358 Å². The fourth-order valence-electron chi connectivity index (χ4n) is 9.18. The summed E-state index contributed by atoms with van der Waals surface area (Å²) in [6.07, 6.45) is 0. The number of hydrogen-bond donors (Lipinski definition) is 0. The second-order valence-electron chi connectivity index (χ2n) is 15.6. The molecule has 0 aliphatic carbocycles. The summed E-state index contributed by atoms with van der Waals surface area (Å²) in [5, 5.41) is 4.75. The quantitative estimate of drug-likeness (QED) is 0.162. The first-order valence-corrected chi connectivity index (χ1v) is 21.0. The normalized spacial score (nSPS) is 11.5. The molecule has 0 amide bonds. The molecule has 0 radical (unpaired) electrons. The zero-order chi connectivity index (χ0) is 41.0. The van der Waals surface area contributed by atoms with Gasteiger partial charge in [0.2, 0.25) is 0 Å². The first-order valence-electron chi connectivity index (χ1n) is 21.0. The van der Waals surface area contributed by atoms with Crippen LogP contribution >= 0.6 is 0 Å². The van der Waals surface area contributed by atoms with Crippen LogP contribution in [0, 0.1) is 0 Å². The number of rotatable bonds is 7. The van der Waals surface area contributed by atoms with Crippen molar-refractivity contribution in [1.82, 2.24) is 24.1 Å². The highest BCUT2D eigenvalue weighted by molar-refractivity contribution is 6.12. The highest BCUT2D eigenvalue weighted by atomic mass is 15.1. The SMILES string of the molecule is c1ccc(-c2cccc(-c3c(-n4c5ccccc5c5ccccc54)cc(-c4nc(-c5ccccc5)nc(-c5ccccc5)n4)cc3-n3c4ccccc4c4ccccc43)c2)cc1. The Kier molecular flexibility index (Phi) is 8.42. The molecule has 3 aromatic heterocycles. The third-order valence-corrected chi connectivity index (χ3v) is 12.0. The van der Waals surface area contributed by atoms with E-state index in [0.717, 1.165) is 72.4 Å². The average Bonchev–Trinajstić information content (AvgIpc) is 3.87. The summed E-state index contributed by atoms with van der Waals surface area (Å²) in [6.45, 7) is 0. The Bertz CT molecular complexity index is 3330. The van der Waals surface area contributed by atoms with Crippen LogP contribution in [0.15, 0.2) is 224 Å². The Morgan fingerprint density at radius 1 is 0.242 bits per heavy atom. The fraction of sp³-hybridized carbons (Fsp3) is 0. The molecular formula is C57H37N5. The van der Waals surface area contributed by atoms with Gasteiger partial charge in [0.15, 0.2) is 17.5 Å². The summed E-state index contributed by atoms with van der Waals surface area (Å²) in [6, 6.07) is 79.5. The zero-order valence-corrected chi connectivity index (χ0v) is 33.6. The molecule has 3 heterocycles. The van der Waals surface area contributed by atoms with E-state index in [0.29, 0.717) is 17.5 Å². The molecule has 5 heteroatoms. The number of benzene rings is 9. The predicted molar refractivity (Wildman–Crippen MR) is 256 cm³/mol. The van der Waals surface area contributed by atoms with Gasteiger partial charge >= 0.3 is 0 Å². The van der Waals surface area contributed by atoms with Gasteiger partial charge in [0.1, 0.15) is 0 Å². The molecule has 0 bridgehead atoms. The summed E-state index contributed by atoms with van der Waals surface area (Å²) in [5.74, 6) is 1.82. The lowest BCUT2D eigenvalue weighted by molar-refractivity contribution is 1.07. The van der Waals surface area contributed by atoms with Crippen molar-refractivity contribution in [3.05, 3.63) is 224 Å². The maximum absolute atomic E-state index is 5.31. The van der Waals surface area contributed by atoms with Crippen LogP contribution in [-0.2, 0) is 0 Å². The molecule has 0 aliphatic heterocycles. The van der Waals surface area contributed by atoms with Crippen molar-refractivity contribution in [3.63, 3.8) is 0 Å². The van der Waals surface area contributed by atoms with Gasteiger partial charge < -0.3 is 9.13 Å². The van der Waals surface area contributed by atoms with Crippen LogP contribution < -0.4 is 0 Å². The topological polar surface area (TPSA) is 48.5 Å². The fourth-order valence-corrected chi connectivity index (χ4v) is 9.18. The minimum atomic E-state index is 0.589. The largest absolute Gasteiger partial charge is 0.309 e. The Morgan fingerprint density at radius 3 is 0.984 bits per heavy atom. The third-order valence-electron chi connectivity index (χ3n) is 12.0. The van der Waals surface area contributed by atoms with Crippen molar-refractivity contribution < 1.29 is 0 Å². The zero-order valence-electron chi connectivity index (χ0n) is 33.6. The van der Waals surface area contributed by atoms with Crippen molar-refractivity contribution in [2.75, 3.05) is 0 Å². The Morgan fingerprint density at radius 2 is 0.565 bits per heavy atom. The lowest BCUT2D eigenvalue weighted by Gasteiger charge is -2.22. The molecule has 5 nitrogen and oxygen atoms in total. The van der Waals surface area contributed by atoms with E-state index in [2.05, 4.69) is 197 Å². The molecule has 0 fully saturated rings. The van der Waals surface area contributed by atoms with Gasteiger partial charge in [-0.05, 0) is 59.2 Å². The van der Waals surface area contributed by atoms with Crippen LogP contribution in [0.4, 0.5) is 0 Å². The van der Waals surface area contributed by atoms with Gasteiger partial charge in [0, 0.05) is 43.8 Å². The molecule has 62 heavy (non-hydrogen) atoms. The predicted octanol–water partition coefficient (Wildman–Crippen LogP) is 14.4. The molecular weight excluding hydrogens is 755 g/mol. The van der Waals surface area contributed by atoms with E-state index in [1.54, 1.807) is 0 Å². The Balaban J connectivity index is 1.27. The second kappa shape index (κ2) is 14.7. The lowest BCUT2D eigenvalue weighted by Crippen LogP contribution is -2.06. The molecule has 0 saturated carbocycles. The monoisotopic (exact) mass is 791 g/mol. The first-order chi connectivity index (χ1) is 30.8. The van der Waals surface area contributed by atoms with Crippen LogP contribution in [0.2, 0.25) is 0 Å². The van der Waals surface area contributed by atoms with Crippen molar-refractivity contribution in [2.45, 2.75) is 0 Å². The van der Waals surface area contributed by atoms with Crippen LogP contribution in [0.1, 0.15) is 0 Å². The Hall–Kier alpha value is -8.41. The van der Waals surface area contributed by atoms with Crippen LogP contribution in [0.25, 0.3) is 111 Å². The molecule has 0 aliphatic rings. The van der Waals surface area contributed by atoms with E-state index in [4.69, 9.17) is 15.0 Å². The van der Waals surface area contributed by atoms with E-state index in [1.807, 2.05) is 36.4 Å². The second-order valence-corrected chi connectivity index (χ2v) is 15.6. The van der Waals surface area contributed by atoms with Crippen molar-refractivity contribution >= 4 is 43.6 Å². The summed E-state index contributed by atoms with van der Waals surface area (Å²) in [7, 11) is 0. The van der Waals surface area contributed by atoms with Crippen LogP contribution in [-0.4, -0.2) is 24.1 Å². The molecule has 9 aromatic carbocycles. The summed E-state index contributed by atoms with van der Waals surface area (Å²) in [4.78, 5) is 15.7. The van der Waals surface area contributed by atoms with E-state index in [9.17, 15) is 0 Å². The van der Waals surface area contributed by atoms with Crippen molar-refractivity contribution in [3.8, 4) is 67.8 Å². The number of aromatic nitrogens is 5. The highest BCUT2D eigenvalue weighted by Crippen LogP contribution is 2.45. The third kappa shape index (κ3) is 5.90. The van der Waals surface area contributed by atoms with Gasteiger partial charge in [-0.25, -0.2) is 15.0 Å². The minimum absolute atomic E-state index is 0.589. The van der Waals surface area contributed by atoms with E-state index >= 15 is 0 Å². The summed E-state index contributed by atoms with van der Waals surface area (Å²) < 4.78 is 4.88. The minimum Gasteiger partial charge on any atom is -0.309 e. The van der Waals surface area contributed by atoms with E-state index in [1.165, 1.54) is 21.5 Å². The van der Waals surface area contributed by atoms with Crippen LogP contribution in [0.3, 0.4) is 0 Å². The maximum Gasteiger partial charge on any atom is 0.164 e. The number of nitrogens with zero attached hydrogens (tertiary/aromatic N) is 5. The number of para-hydroxylation sites is 4. The summed E-state index contributed by atoms with van der Waals surface area (Å²) in [5.41, 5.74) is 13.7. The molecule has 12 rings (SSSR count). The van der Waals surface area contributed by atoms with Gasteiger partial charge in [0.05, 0.1) is 33.4 Å². The van der Waals surface area contributed by atoms with Gasteiger partial charge in [-0.2, -0.15) is 0 Å². The standard InChI is InChI=1S/C57H37N5/c1-4-19-38(20-5-1)41-25-18-26-42(35-41)54-52(61-48-31-14-10-27-44(48)45-28-11-15-32-49(45)61)36-43(37-53(54)62-50-33-16-12-29-46(50)47-30-13-17-34-51(47)62)57-59-55(39-21-6-2-7-22-39)58-56(60-57)40-23-8-3-9-24-40/h1-37H. The molecule has 0 saturated heterocycles. The van der Waals surface area contributed by atoms with E-state index < -0.39 is 0 Å². The maximum atomic E-state index is 5.31. The molecule has 12 aromatic rings. The molecule has 0 N–H and O–H groups in total. The van der Waals surface area contributed by atoms with Gasteiger partial charge in [-0.1, -0.05) is 182 Å². The molecule has 0 spiro atoms. The van der Waals surface area contributed by atoms with Crippen molar-refractivity contribution in [1.29, 1.82) is 0 Å². The number of hydrogen-bond acceptors (Lipinski definition) is 3. The van der Waals surface area contributed by atoms with Crippen molar-refractivity contribution in [2.24, 2.45) is 0 Å². The van der Waals surface area contributed by atoms with E-state index in [-0.39, 0.29) is 0 Å². The molecule has 0 unspecified atom stereocenters. The average molecular weight is 792 g/mol. The molecule has 0 atom stereocenters. The van der Waals surface area contributed by atoms with Gasteiger partial charge in [0.25, 0.3) is 0 Å². The smallest absolute Gasteiger partial charge is 0.164 e. The van der Waals surface area contributed by atoms with Crippen LogP contribution in [0.5, 0.6) is 0 Å². The lowest BCUT2D eigenvalue weighted by atomic mass is 9.94. The summed E-state index contributed by atoms with van der Waals surface area (Å²) >= 11 is 0. The highest BCUT2D eigenvalue weighted by Gasteiger charge is 2.25.